The van der Waals surface area contributed by atoms with Gasteiger partial charge in [-0.2, -0.15) is 13.2 Å². The number of aliphatic hydroxyl groups is 1. The van der Waals surface area contributed by atoms with Crippen molar-refractivity contribution < 1.29 is 23.0 Å². The first-order valence-corrected chi connectivity index (χ1v) is 5.95. The molecule has 0 bridgehead atoms. The molecule has 0 spiro atoms. The van der Waals surface area contributed by atoms with Crippen LogP contribution in [0, 0.1) is 6.92 Å². The first kappa shape index (κ1) is 14.4. The van der Waals surface area contributed by atoms with Crippen LogP contribution in [0.5, 0.6) is 11.5 Å². The normalized spacial score (nSPS) is 11.4. The van der Waals surface area contributed by atoms with Crippen molar-refractivity contribution in [2.75, 3.05) is 0 Å². The number of rotatable bonds is 3. The van der Waals surface area contributed by atoms with Crippen LogP contribution in [-0.2, 0) is 12.8 Å². The Labute approximate surface area is 114 Å². The van der Waals surface area contributed by atoms with Gasteiger partial charge in [-0.15, -0.1) is 0 Å². The van der Waals surface area contributed by atoms with Crippen LogP contribution < -0.4 is 4.74 Å². The average molecular weight is 282 g/mol. The zero-order valence-corrected chi connectivity index (χ0v) is 10.7. The third-order valence-electron chi connectivity index (χ3n) is 2.81. The molecule has 0 unspecified atom stereocenters. The van der Waals surface area contributed by atoms with Crippen molar-refractivity contribution >= 4 is 0 Å². The molecule has 2 nitrogen and oxygen atoms in total. The summed E-state index contributed by atoms with van der Waals surface area (Å²) in [4.78, 5) is 0. The maximum Gasteiger partial charge on any atom is 0.416 e. The van der Waals surface area contributed by atoms with Gasteiger partial charge in [0.15, 0.2) is 0 Å². The summed E-state index contributed by atoms with van der Waals surface area (Å²) in [7, 11) is 0. The molecule has 0 saturated carbocycles. The average Bonchev–Trinajstić information content (AvgIpc) is 2.40. The standard InChI is InChI=1S/C15H13F3O2/c1-10-7-11(9-19)5-6-14(10)20-13-4-2-3-12(8-13)15(16,17)18/h2-8,19H,9H2,1H3. The molecule has 0 aliphatic carbocycles. The second-order valence-electron chi connectivity index (χ2n) is 4.39. The van der Waals surface area contributed by atoms with Gasteiger partial charge in [-0.1, -0.05) is 18.2 Å². The number of halogens is 3. The van der Waals surface area contributed by atoms with Gasteiger partial charge in [0.2, 0.25) is 0 Å². The summed E-state index contributed by atoms with van der Waals surface area (Å²) in [6, 6.07) is 9.73. The molecular formula is C15H13F3O2. The maximum atomic E-state index is 12.6. The molecule has 0 amide bonds. The van der Waals surface area contributed by atoms with E-state index in [-0.39, 0.29) is 12.4 Å². The van der Waals surface area contributed by atoms with Crippen molar-refractivity contribution in [2.24, 2.45) is 0 Å². The molecule has 0 radical (unpaired) electrons. The first-order chi connectivity index (χ1) is 9.40. The van der Waals surface area contributed by atoms with Crippen LogP contribution in [0.4, 0.5) is 13.2 Å². The van der Waals surface area contributed by atoms with Gasteiger partial charge >= 0.3 is 6.18 Å². The Morgan fingerprint density at radius 2 is 1.85 bits per heavy atom. The smallest absolute Gasteiger partial charge is 0.416 e. The van der Waals surface area contributed by atoms with E-state index in [4.69, 9.17) is 9.84 Å². The minimum Gasteiger partial charge on any atom is -0.457 e. The van der Waals surface area contributed by atoms with Crippen molar-refractivity contribution in [3.63, 3.8) is 0 Å². The van der Waals surface area contributed by atoms with E-state index >= 15 is 0 Å². The van der Waals surface area contributed by atoms with Crippen LogP contribution in [0.25, 0.3) is 0 Å². The zero-order valence-electron chi connectivity index (χ0n) is 10.7. The largest absolute Gasteiger partial charge is 0.457 e. The lowest BCUT2D eigenvalue weighted by Crippen LogP contribution is -2.04. The highest BCUT2D eigenvalue weighted by Gasteiger charge is 2.30. The van der Waals surface area contributed by atoms with E-state index < -0.39 is 11.7 Å². The van der Waals surface area contributed by atoms with Gasteiger partial charge in [0.25, 0.3) is 0 Å². The molecule has 0 aliphatic rings. The number of ether oxygens (including phenoxy) is 1. The van der Waals surface area contributed by atoms with Crippen LogP contribution in [0.2, 0.25) is 0 Å². The van der Waals surface area contributed by atoms with Crippen LogP contribution in [-0.4, -0.2) is 5.11 Å². The fourth-order valence-electron chi connectivity index (χ4n) is 1.79. The van der Waals surface area contributed by atoms with E-state index in [0.717, 1.165) is 23.3 Å². The number of hydrogen-bond acceptors (Lipinski definition) is 2. The number of benzene rings is 2. The Hall–Kier alpha value is -2.01. The van der Waals surface area contributed by atoms with Crippen molar-refractivity contribution in [3.05, 3.63) is 59.2 Å². The van der Waals surface area contributed by atoms with E-state index in [1.165, 1.54) is 12.1 Å². The molecule has 2 aromatic rings. The molecule has 2 aromatic carbocycles. The van der Waals surface area contributed by atoms with Crippen molar-refractivity contribution in [1.29, 1.82) is 0 Å². The molecule has 20 heavy (non-hydrogen) atoms. The number of alkyl halides is 3. The minimum absolute atomic E-state index is 0.0926. The minimum atomic E-state index is -4.39. The molecule has 0 aliphatic heterocycles. The van der Waals surface area contributed by atoms with Gasteiger partial charge in [-0.05, 0) is 42.3 Å². The fourth-order valence-corrected chi connectivity index (χ4v) is 1.79. The Kier molecular flexibility index (Phi) is 3.99. The molecule has 106 valence electrons. The molecule has 0 saturated heterocycles. The Morgan fingerprint density at radius 3 is 2.45 bits per heavy atom. The summed E-state index contributed by atoms with van der Waals surface area (Å²) in [5, 5.41) is 9.00. The van der Waals surface area contributed by atoms with Crippen LogP contribution >= 0.6 is 0 Å². The van der Waals surface area contributed by atoms with Gasteiger partial charge in [0.1, 0.15) is 11.5 Å². The summed E-state index contributed by atoms with van der Waals surface area (Å²) in [6.45, 7) is 1.67. The monoisotopic (exact) mass is 282 g/mol. The van der Waals surface area contributed by atoms with Gasteiger partial charge in [0, 0.05) is 0 Å². The van der Waals surface area contributed by atoms with Gasteiger partial charge in [-0.25, -0.2) is 0 Å². The molecule has 0 fully saturated rings. The molecule has 0 aromatic heterocycles. The Morgan fingerprint density at radius 1 is 1.10 bits per heavy atom. The fraction of sp³-hybridized carbons (Fsp3) is 0.200. The van der Waals surface area contributed by atoms with Crippen molar-refractivity contribution in [2.45, 2.75) is 19.7 Å². The number of aryl methyl sites for hydroxylation is 1. The lowest BCUT2D eigenvalue weighted by atomic mass is 10.1. The SMILES string of the molecule is Cc1cc(CO)ccc1Oc1cccc(C(F)(F)F)c1. The molecule has 0 atom stereocenters. The first-order valence-electron chi connectivity index (χ1n) is 5.95. The van der Waals surface area contributed by atoms with E-state index in [9.17, 15) is 13.2 Å². The summed E-state index contributed by atoms with van der Waals surface area (Å²) in [6.07, 6.45) is -4.39. The van der Waals surface area contributed by atoms with E-state index in [1.54, 1.807) is 25.1 Å². The second-order valence-corrected chi connectivity index (χ2v) is 4.39. The molecule has 1 N–H and O–H groups in total. The van der Waals surface area contributed by atoms with Crippen LogP contribution in [0.3, 0.4) is 0 Å². The van der Waals surface area contributed by atoms with E-state index in [0.29, 0.717) is 5.75 Å². The third-order valence-corrected chi connectivity index (χ3v) is 2.81. The number of hydrogen-bond donors (Lipinski definition) is 1. The summed E-state index contributed by atoms with van der Waals surface area (Å²) in [5.41, 5.74) is 0.715. The van der Waals surface area contributed by atoms with Crippen molar-refractivity contribution in [1.82, 2.24) is 0 Å². The lowest BCUT2D eigenvalue weighted by molar-refractivity contribution is -0.137. The maximum absolute atomic E-state index is 12.6. The quantitative estimate of drug-likeness (QED) is 0.909. The second kappa shape index (κ2) is 5.54. The Bertz CT molecular complexity index is 606. The number of aliphatic hydroxyl groups excluding tert-OH is 1. The topological polar surface area (TPSA) is 29.5 Å². The Balaban J connectivity index is 2.26. The van der Waals surface area contributed by atoms with E-state index in [1.807, 2.05) is 0 Å². The molecule has 0 heterocycles. The molecule has 2 rings (SSSR count). The summed E-state index contributed by atoms with van der Waals surface area (Å²) >= 11 is 0. The van der Waals surface area contributed by atoms with Gasteiger partial charge in [-0.3, -0.25) is 0 Å². The molecular weight excluding hydrogens is 269 g/mol. The zero-order chi connectivity index (χ0) is 14.8. The van der Waals surface area contributed by atoms with Gasteiger partial charge in [0.05, 0.1) is 12.2 Å². The lowest BCUT2D eigenvalue weighted by Gasteiger charge is -2.12. The van der Waals surface area contributed by atoms with E-state index in [2.05, 4.69) is 0 Å². The highest BCUT2D eigenvalue weighted by atomic mass is 19.4. The highest BCUT2D eigenvalue weighted by Crippen LogP contribution is 2.33. The van der Waals surface area contributed by atoms with Gasteiger partial charge < -0.3 is 9.84 Å². The van der Waals surface area contributed by atoms with Crippen molar-refractivity contribution in [3.8, 4) is 11.5 Å². The predicted molar refractivity (Wildman–Crippen MR) is 68.6 cm³/mol. The highest BCUT2D eigenvalue weighted by molar-refractivity contribution is 5.40. The predicted octanol–water partition coefficient (Wildman–Crippen LogP) is 4.30. The summed E-state index contributed by atoms with van der Waals surface area (Å²) in [5.74, 6) is 0.584. The van der Waals surface area contributed by atoms with Crippen LogP contribution in [0.1, 0.15) is 16.7 Å². The molecule has 5 heteroatoms. The van der Waals surface area contributed by atoms with Crippen LogP contribution in [0.15, 0.2) is 42.5 Å². The third kappa shape index (κ3) is 3.30. The summed E-state index contributed by atoms with van der Waals surface area (Å²) < 4.78 is 43.3.